The summed E-state index contributed by atoms with van der Waals surface area (Å²) in [6.45, 7) is 2.47. The van der Waals surface area contributed by atoms with Crippen molar-refractivity contribution in [2.24, 2.45) is 0 Å². The summed E-state index contributed by atoms with van der Waals surface area (Å²) in [7, 11) is 7.73. The molecule has 1 atom stereocenters. The third kappa shape index (κ3) is 3.43. The molecular weight excluding hydrogens is 306 g/mol. The van der Waals surface area contributed by atoms with Gasteiger partial charge in [-0.25, -0.2) is 0 Å². The number of hydrogen-bond acceptors (Lipinski definition) is 5. The van der Waals surface area contributed by atoms with E-state index in [0.717, 1.165) is 11.3 Å². The highest BCUT2D eigenvalue weighted by molar-refractivity contribution is 6.08. The second-order valence-electron chi connectivity index (χ2n) is 6.51. The number of rotatable bonds is 6. The maximum absolute atomic E-state index is 12.4. The minimum Gasteiger partial charge on any atom is -0.503 e. The van der Waals surface area contributed by atoms with Crippen LogP contribution in [0.2, 0.25) is 0 Å². The van der Waals surface area contributed by atoms with Crippen LogP contribution >= 0.6 is 0 Å². The van der Waals surface area contributed by atoms with E-state index in [1.807, 2.05) is 62.3 Å². The standard InChI is InChI=1S/C18H25N3O3/c1-12(22)15-16(13-6-8-14(9-7-13)20(4)5)21(11-10-19(2)3)18(24)17(15)23/h6-9,16,23H,10-11H2,1-5H3/t16-/m0/s1. The van der Waals surface area contributed by atoms with Crippen molar-refractivity contribution in [2.45, 2.75) is 13.0 Å². The number of carbonyl (C=O) groups is 2. The molecule has 1 aliphatic rings. The first-order valence-electron chi connectivity index (χ1n) is 7.91. The van der Waals surface area contributed by atoms with Crippen LogP contribution in [0.15, 0.2) is 35.6 Å². The summed E-state index contributed by atoms with van der Waals surface area (Å²) >= 11 is 0. The highest BCUT2D eigenvalue weighted by Gasteiger charge is 2.42. The minimum atomic E-state index is -0.536. The number of anilines is 1. The summed E-state index contributed by atoms with van der Waals surface area (Å²) in [5.41, 5.74) is 2.03. The Morgan fingerprint density at radius 1 is 1.17 bits per heavy atom. The number of hydrogen-bond donors (Lipinski definition) is 1. The molecule has 0 aromatic heterocycles. The van der Waals surface area contributed by atoms with Crippen LogP contribution in [0.4, 0.5) is 5.69 Å². The van der Waals surface area contributed by atoms with Gasteiger partial charge in [0.05, 0.1) is 11.6 Å². The van der Waals surface area contributed by atoms with Gasteiger partial charge in [-0.05, 0) is 38.7 Å². The van der Waals surface area contributed by atoms with Gasteiger partial charge in [0.15, 0.2) is 11.5 Å². The van der Waals surface area contributed by atoms with Crippen molar-refractivity contribution in [2.75, 3.05) is 46.2 Å². The number of nitrogens with zero attached hydrogens (tertiary/aromatic N) is 3. The van der Waals surface area contributed by atoms with Crippen LogP contribution in [-0.2, 0) is 9.59 Å². The van der Waals surface area contributed by atoms with Crippen LogP contribution in [0.1, 0.15) is 18.5 Å². The van der Waals surface area contributed by atoms with Gasteiger partial charge in [-0.3, -0.25) is 9.59 Å². The molecule has 0 radical (unpaired) electrons. The van der Waals surface area contributed by atoms with E-state index >= 15 is 0 Å². The number of ketones is 1. The molecule has 2 rings (SSSR count). The average Bonchev–Trinajstić information content (AvgIpc) is 2.77. The summed E-state index contributed by atoms with van der Waals surface area (Å²) < 4.78 is 0. The third-order valence-corrected chi connectivity index (χ3v) is 4.20. The molecule has 0 saturated heterocycles. The lowest BCUT2D eigenvalue weighted by atomic mass is 9.96. The zero-order valence-corrected chi connectivity index (χ0v) is 14.9. The van der Waals surface area contributed by atoms with Crippen molar-refractivity contribution in [3.63, 3.8) is 0 Å². The number of Topliss-reactive ketones (excluding diaryl/α,β-unsaturated/α-hetero) is 1. The lowest BCUT2D eigenvalue weighted by molar-refractivity contribution is -0.129. The predicted molar refractivity (Wildman–Crippen MR) is 94.1 cm³/mol. The number of benzene rings is 1. The second-order valence-corrected chi connectivity index (χ2v) is 6.51. The summed E-state index contributed by atoms with van der Waals surface area (Å²) in [5, 5.41) is 10.2. The van der Waals surface area contributed by atoms with E-state index in [1.165, 1.54) is 6.92 Å². The zero-order chi connectivity index (χ0) is 18.0. The minimum absolute atomic E-state index is 0.177. The molecule has 0 spiro atoms. The molecule has 1 amide bonds. The lowest BCUT2D eigenvalue weighted by Gasteiger charge is -2.28. The van der Waals surface area contributed by atoms with Crippen molar-refractivity contribution in [3.8, 4) is 0 Å². The molecule has 1 aromatic rings. The molecule has 0 aliphatic carbocycles. The van der Waals surface area contributed by atoms with E-state index in [4.69, 9.17) is 0 Å². The Morgan fingerprint density at radius 3 is 2.21 bits per heavy atom. The monoisotopic (exact) mass is 331 g/mol. The summed E-state index contributed by atoms with van der Waals surface area (Å²) in [6, 6.07) is 7.15. The van der Waals surface area contributed by atoms with E-state index < -0.39 is 17.7 Å². The number of aliphatic hydroxyl groups excluding tert-OH is 1. The molecule has 0 unspecified atom stereocenters. The first kappa shape index (κ1) is 18.0. The lowest BCUT2D eigenvalue weighted by Crippen LogP contribution is -2.36. The van der Waals surface area contributed by atoms with Gasteiger partial charge in [0.2, 0.25) is 0 Å². The Labute approximate surface area is 143 Å². The van der Waals surface area contributed by atoms with E-state index in [2.05, 4.69) is 0 Å². The van der Waals surface area contributed by atoms with Gasteiger partial charge in [-0.1, -0.05) is 12.1 Å². The largest absolute Gasteiger partial charge is 0.503 e. The molecule has 6 nitrogen and oxygen atoms in total. The Balaban J connectivity index is 2.42. The molecule has 6 heteroatoms. The van der Waals surface area contributed by atoms with Crippen LogP contribution in [0.5, 0.6) is 0 Å². The number of aliphatic hydroxyl groups is 1. The predicted octanol–water partition coefficient (Wildman–Crippen LogP) is 1.60. The Morgan fingerprint density at radius 2 is 1.75 bits per heavy atom. The maximum atomic E-state index is 12.4. The van der Waals surface area contributed by atoms with Crippen LogP contribution < -0.4 is 4.90 Å². The van der Waals surface area contributed by atoms with E-state index in [1.54, 1.807) is 4.90 Å². The fraction of sp³-hybridized carbons (Fsp3) is 0.444. The van der Waals surface area contributed by atoms with Gasteiger partial charge >= 0.3 is 0 Å². The molecule has 24 heavy (non-hydrogen) atoms. The van der Waals surface area contributed by atoms with Crippen molar-refractivity contribution in [1.82, 2.24) is 9.80 Å². The first-order valence-corrected chi connectivity index (χ1v) is 7.91. The fourth-order valence-electron chi connectivity index (χ4n) is 2.85. The third-order valence-electron chi connectivity index (χ3n) is 4.20. The Bertz CT molecular complexity index is 663. The fourth-order valence-corrected chi connectivity index (χ4v) is 2.85. The van der Waals surface area contributed by atoms with Gasteiger partial charge < -0.3 is 19.8 Å². The van der Waals surface area contributed by atoms with Gasteiger partial charge in [0, 0.05) is 32.9 Å². The van der Waals surface area contributed by atoms with Gasteiger partial charge in [-0.2, -0.15) is 0 Å². The Kier molecular flexibility index (Phi) is 5.29. The summed E-state index contributed by atoms with van der Waals surface area (Å²) in [4.78, 5) is 30.0. The highest BCUT2D eigenvalue weighted by atomic mass is 16.3. The smallest absolute Gasteiger partial charge is 0.290 e. The van der Waals surface area contributed by atoms with Crippen LogP contribution in [0, 0.1) is 0 Å². The molecule has 1 heterocycles. The van der Waals surface area contributed by atoms with E-state index in [9.17, 15) is 14.7 Å². The maximum Gasteiger partial charge on any atom is 0.290 e. The quantitative estimate of drug-likeness (QED) is 0.858. The molecular formula is C18H25N3O3. The number of likely N-dealkylation sites (N-methyl/N-ethyl adjacent to an activating group) is 1. The molecule has 0 saturated carbocycles. The molecule has 130 valence electrons. The second kappa shape index (κ2) is 7.05. The normalized spacial score (nSPS) is 17.8. The number of carbonyl (C=O) groups excluding carboxylic acids is 2. The first-order chi connectivity index (χ1) is 11.2. The zero-order valence-electron chi connectivity index (χ0n) is 14.9. The molecule has 1 aliphatic heterocycles. The van der Waals surface area contributed by atoms with Crippen LogP contribution in [0.3, 0.4) is 0 Å². The van der Waals surface area contributed by atoms with Gasteiger partial charge in [-0.15, -0.1) is 0 Å². The SMILES string of the molecule is CC(=O)C1=C(O)C(=O)N(CCN(C)C)[C@H]1c1ccc(N(C)C)cc1. The topological polar surface area (TPSA) is 64.1 Å². The van der Waals surface area contributed by atoms with Crippen LogP contribution in [-0.4, -0.2) is 67.9 Å². The van der Waals surface area contributed by atoms with E-state index in [-0.39, 0.29) is 11.4 Å². The summed E-state index contributed by atoms with van der Waals surface area (Å²) in [5.74, 6) is -1.19. The average molecular weight is 331 g/mol. The molecule has 0 bridgehead atoms. The number of amides is 1. The van der Waals surface area contributed by atoms with Crippen LogP contribution in [0.25, 0.3) is 0 Å². The van der Waals surface area contributed by atoms with Crippen molar-refractivity contribution < 1.29 is 14.7 Å². The molecule has 1 N–H and O–H groups in total. The van der Waals surface area contributed by atoms with Gasteiger partial charge in [0.25, 0.3) is 5.91 Å². The highest BCUT2D eigenvalue weighted by Crippen LogP contribution is 2.37. The Hall–Kier alpha value is -2.34. The van der Waals surface area contributed by atoms with Crippen molar-refractivity contribution in [3.05, 3.63) is 41.2 Å². The summed E-state index contributed by atoms with van der Waals surface area (Å²) in [6.07, 6.45) is 0. The molecule has 0 fully saturated rings. The van der Waals surface area contributed by atoms with Gasteiger partial charge in [0.1, 0.15) is 0 Å². The van der Waals surface area contributed by atoms with Crippen molar-refractivity contribution in [1.29, 1.82) is 0 Å². The van der Waals surface area contributed by atoms with E-state index in [0.29, 0.717) is 13.1 Å². The molecule has 1 aromatic carbocycles. The van der Waals surface area contributed by atoms with Crippen molar-refractivity contribution >= 4 is 17.4 Å².